The Bertz CT molecular complexity index is 709. The number of fused-ring (bicyclic) bond motifs is 1. The van der Waals surface area contributed by atoms with E-state index in [1.165, 1.54) is 12.8 Å². The van der Waals surface area contributed by atoms with Crippen molar-refractivity contribution in [3.63, 3.8) is 0 Å². The van der Waals surface area contributed by atoms with Gasteiger partial charge in [-0.25, -0.2) is 4.98 Å². The highest BCUT2D eigenvalue weighted by molar-refractivity contribution is 5.92. The highest BCUT2D eigenvalue weighted by Crippen LogP contribution is 2.29. The molecular formula is C15H15N3O. The molecule has 2 aromatic heterocycles. The standard InChI is InChI=1S/C15H15N3O/c1-2-4-14-11(3-1)12(9-19-14)13-7-17-15(18-13)8-16-10-5-6-10/h1-4,7,9-10,16H,5-6,8H2,(H,17,18). The lowest BCUT2D eigenvalue weighted by atomic mass is 10.1. The van der Waals surface area contributed by atoms with Gasteiger partial charge in [-0.3, -0.25) is 0 Å². The molecule has 2 heterocycles. The zero-order valence-electron chi connectivity index (χ0n) is 10.5. The van der Waals surface area contributed by atoms with E-state index in [4.69, 9.17) is 4.42 Å². The number of H-pyrrole nitrogens is 1. The van der Waals surface area contributed by atoms with Crippen LogP contribution in [0.25, 0.3) is 22.2 Å². The molecule has 4 heteroatoms. The van der Waals surface area contributed by atoms with Gasteiger partial charge in [0.2, 0.25) is 0 Å². The molecule has 1 aliphatic rings. The van der Waals surface area contributed by atoms with Crippen molar-refractivity contribution in [2.24, 2.45) is 0 Å². The number of nitrogens with one attached hydrogen (secondary N) is 2. The molecule has 1 aromatic carbocycles. The molecule has 4 nitrogen and oxygen atoms in total. The Morgan fingerprint density at radius 1 is 1.32 bits per heavy atom. The quantitative estimate of drug-likeness (QED) is 0.751. The highest BCUT2D eigenvalue weighted by atomic mass is 16.3. The van der Waals surface area contributed by atoms with E-state index in [0.717, 1.165) is 34.6 Å². The summed E-state index contributed by atoms with van der Waals surface area (Å²) in [6.07, 6.45) is 6.25. The number of hydrogen-bond donors (Lipinski definition) is 2. The van der Waals surface area contributed by atoms with Gasteiger partial charge in [0.15, 0.2) is 0 Å². The first-order chi connectivity index (χ1) is 9.40. The Balaban J connectivity index is 1.64. The monoisotopic (exact) mass is 253 g/mol. The summed E-state index contributed by atoms with van der Waals surface area (Å²) in [5.41, 5.74) is 2.99. The zero-order valence-corrected chi connectivity index (χ0v) is 10.5. The third-order valence-electron chi connectivity index (χ3n) is 3.54. The molecule has 0 amide bonds. The number of hydrogen-bond acceptors (Lipinski definition) is 3. The summed E-state index contributed by atoms with van der Waals surface area (Å²) >= 11 is 0. The van der Waals surface area contributed by atoms with Gasteiger partial charge >= 0.3 is 0 Å². The lowest BCUT2D eigenvalue weighted by Gasteiger charge is -1.98. The Morgan fingerprint density at radius 2 is 2.21 bits per heavy atom. The van der Waals surface area contributed by atoms with Gasteiger partial charge in [0, 0.05) is 17.0 Å². The number of aromatic amines is 1. The molecule has 4 rings (SSSR count). The number of rotatable bonds is 4. The van der Waals surface area contributed by atoms with Gasteiger partial charge in [-0.05, 0) is 18.9 Å². The predicted molar refractivity (Wildman–Crippen MR) is 73.7 cm³/mol. The number of nitrogens with zero attached hydrogens (tertiary/aromatic N) is 1. The number of furan rings is 1. The summed E-state index contributed by atoms with van der Waals surface area (Å²) < 4.78 is 5.56. The van der Waals surface area contributed by atoms with Gasteiger partial charge in [0.05, 0.1) is 18.4 Å². The topological polar surface area (TPSA) is 53.9 Å². The third-order valence-corrected chi connectivity index (χ3v) is 3.54. The van der Waals surface area contributed by atoms with E-state index >= 15 is 0 Å². The molecule has 0 radical (unpaired) electrons. The number of benzene rings is 1. The first kappa shape index (κ1) is 10.8. The lowest BCUT2D eigenvalue weighted by Crippen LogP contribution is -2.16. The van der Waals surface area contributed by atoms with E-state index in [1.54, 1.807) is 6.26 Å². The Hall–Kier alpha value is -2.07. The van der Waals surface area contributed by atoms with Crippen LogP contribution in [0.1, 0.15) is 18.7 Å². The first-order valence-corrected chi connectivity index (χ1v) is 6.64. The molecule has 0 spiro atoms. The third kappa shape index (κ3) is 2.04. The molecule has 3 aromatic rings. The van der Waals surface area contributed by atoms with Crippen LogP contribution < -0.4 is 5.32 Å². The summed E-state index contributed by atoms with van der Waals surface area (Å²) in [7, 11) is 0. The van der Waals surface area contributed by atoms with Crippen LogP contribution in [-0.4, -0.2) is 16.0 Å². The zero-order chi connectivity index (χ0) is 12.7. The number of aromatic nitrogens is 2. The minimum atomic E-state index is 0.698. The van der Waals surface area contributed by atoms with Gasteiger partial charge in [0.25, 0.3) is 0 Å². The van der Waals surface area contributed by atoms with Crippen LogP contribution in [0.15, 0.2) is 41.1 Å². The summed E-state index contributed by atoms with van der Waals surface area (Å²) in [6.45, 7) is 0.806. The van der Waals surface area contributed by atoms with Gasteiger partial charge in [-0.1, -0.05) is 18.2 Å². The molecule has 19 heavy (non-hydrogen) atoms. The van der Waals surface area contributed by atoms with Crippen molar-refractivity contribution in [2.45, 2.75) is 25.4 Å². The van der Waals surface area contributed by atoms with Gasteiger partial charge < -0.3 is 14.7 Å². The summed E-state index contributed by atoms with van der Waals surface area (Å²) in [4.78, 5) is 7.78. The molecule has 0 unspecified atom stereocenters. The molecule has 1 fully saturated rings. The minimum absolute atomic E-state index is 0.698. The average Bonchev–Trinajstić information content (AvgIpc) is 3.00. The van der Waals surface area contributed by atoms with Crippen molar-refractivity contribution in [1.29, 1.82) is 0 Å². The van der Waals surface area contributed by atoms with Gasteiger partial charge in [0.1, 0.15) is 17.7 Å². The molecule has 1 saturated carbocycles. The molecule has 1 aliphatic carbocycles. The Kier molecular flexibility index (Phi) is 2.42. The molecule has 0 atom stereocenters. The Morgan fingerprint density at radius 3 is 3.11 bits per heavy atom. The second kappa shape index (κ2) is 4.24. The largest absolute Gasteiger partial charge is 0.464 e. The summed E-state index contributed by atoms with van der Waals surface area (Å²) in [5, 5.41) is 4.57. The fraction of sp³-hybridized carbons (Fsp3) is 0.267. The number of imidazole rings is 1. The van der Waals surface area contributed by atoms with E-state index < -0.39 is 0 Å². The molecule has 0 saturated heterocycles. The highest BCUT2D eigenvalue weighted by Gasteiger charge is 2.20. The van der Waals surface area contributed by atoms with Crippen LogP contribution in [0.3, 0.4) is 0 Å². The van der Waals surface area contributed by atoms with Crippen LogP contribution >= 0.6 is 0 Å². The van der Waals surface area contributed by atoms with Crippen LogP contribution in [0.4, 0.5) is 0 Å². The smallest absolute Gasteiger partial charge is 0.134 e. The van der Waals surface area contributed by atoms with Crippen LogP contribution in [0, 0.1) is 0 Å². The van der Waals surface area contributed by atoms with E-state index in [1.807, 2.05) is 24.4 Å². The molecule has 0 bridgehead atoms. The second-order valence-corrected chi connectivity index (χ2v) is 5.04. The van der Waals surface area contributed by atoms with Crippen LogP contribution in [0.5, 0.6) is 0 Å². The van der Waals surface area contributed by atoms with E-state index in [-0.39, 0.29) is 0 Å². The van der Waals surface area contributed by atoms with E-state index in [2.05, 4.69) is 21.4 Å². The van der Waals surface area contributed by atoms with E-state index in [0.29, 0.717) is 6.04 Å². The maximum Gasteiger partial charge on any atom is 0.134 e. The van der Waals surface area contributed by atoms with E-state index in [9.17, 15) is 0 Å². The summed E-state index contributed by atoms with van der Waals surface area (Å²) in [6, 6.07) is 8.74. The van der Waals surface area contributed by atoms with Crippen LogP contribution in [-0.2, 0) is 6.54 Å². The Labute approximate surface area is 110 Å². The van der Waals surface area contributed by atoms with Gasteiger partial charge in [-0.15, -0.1) is 0 Å². The minimum Gasteiger partial charge on any atom is -0.464 e. The van der Waals surface area contributed by atoms with Crippen molar-refractivity contribution in [1.82, 2.24) is 15.3 Å². The molecule has 0 aliphatic heterocycles. The van der Waals surface area contributed by atoms with Crippen molar-refractivity contribution < 1.29 is 4.42 Å². The van der Waals surface area contributed by atoms with Gasteiger partial charge in [-0.2, -0.15) is 0 Å². The predicted octanol–water partition coefficient (Wildman–Crippen LogP) is 3.07. The average molecular weight is 253 g/mol. The first-order valence-electron chi connectivity index (χ1n) is 6.64. The fourth-order valence-corrected chi connectivity index (χ4v) is 2.30. The number of para-hydroxylation sites is 1. The summed E-state index contributed by atoms with van der Waals surface area (Å²) in [5.74, 6) is 0.979. The lowest BCUT2D eigenvalue weighted by molar-refractivity contribution is 0.616. The molecule has 96 valence electrons. The van der Waals surface area contributed by atoms with Crippen molar-refractivity contribution >= 4 is 11.0 Å². The van der Waals surface area contributed by atoms with Crippen molar-refractivity contribution in [3.05, 3.63) is 42.5 Å². The maximum atomic E-state index is 5.56. The van der Waals surface area contributed by atoms with Crippen molar-refractivity contribution in [2.75, 3.05) is 0 Å². The normalized spacial score (nSPS) is 15.2. The van der Waals surface area contributed by atoms with Crippen LogP contribution in [0.2, 0.25) is 0 Å². The SMILES string of the molecule is c1ccc2c(-c3cnc(CNC4CC4)[nH]3)coc2c1. The molecule has 2 N–H and O–H groups in total. The maximum absolute atomic E-state index is 5.56. The second-order valence-electron chi connectivity index (χ2n) is 5.04. The van der Waals surface area contributed by atoms with Crippen molar-refractivity contribution in [3.8, 4) is 11.3 Å². The molecular weight excluding hydrogens is 238 g/mol. The fourth-order valence-electron chi connectivity index (χ4n) is 2.30.